The van der Waals surface area contributed by atoms with Gasteiger partial charge in [-0.25, -0.2) is 4.39 Å². The molecule has 0 bridgehead atoms. The van der Waals surface area contributed by atoms with Crippen molar-refractivity contribution in [2.75, 3.05) is 0 Å². The summed E-state index contributed by atoms with van der Waals surface area (Å²) in [5, 5.41) is 0.112. The third-order valence-electron chi connectivity index (χ3n) is 3.28. The molecule has 2 rings (SSSR count). The van der Waals surface area contributed by atoms with Crippen LogP contribution in [0.3, 0.4) is 0 Å². The molecule has 0 saturated heterocycles. The van der Waals surface area contributed by atoms with Crippen LogP contribution in [0.15, 0.2) is 12.1 Å². The Labute approximate surface area is 95.4 Å². The highest BCUT2D eigenvalue weighted by molar-refractivity contribution is 6.21. The monoisotopic (exact) mass is 226 g/mol. The van der Waals surface area contributed by atoms with E-state index in [1.165, 1.54) is 0 Å². The Balaban J connectivity index is 2.43. The highest BCUT2D eigenvalue weighted by Gasteiger charge is 2.30. The highest BCUT2D eigenvalue weighted by Crippen LogP contribution is 2.40. The summed E-state index contributed by atoms with van der Waals surface area (Å²) in [6.07, 6.45) is 3.15. The molecule has 1 aromatic rings. The molecule has 1 aromatic carbocycles. The number of hydrogen-bond acceptors (Lipinski definition) is 0. The van der Waals surface area contributed by atoms with Crippen molar-refractivity contribution in [2.45, 2.75) is 44.4 Å². The van der Waals surface area contributed by atoms with E-state index in [2.05, 4.69) is 0 Å². The van der Waals surface area contributed by atoms with Crippen molar-refractivity contribution in [2.24, 2.45) is 0 Å². The Kier molecular flexibility index (Phi) is 3.01. The molecule has 1 saturated carbocycles. The van der Waals surface area contributed by atoms with Crippen LogP contribution in [0, 0.1) is 19.7 Å². The maximum atomic E-state index is 13.9. The molecule has 0 N–H and O–H groups in total. The summed E-state index contributed by atoms with van der Waals surface area (Å²) in [5.41, 5.74) is 2.88. The van der Waals surface area contributed by atoms with E-state index in [1.54, 1.807) is 6.07 Å². The van der Waals surface area contributed by atoms with Gasteiger partial charge in [0, 0.05) is 11.3 Å². The molecule has 82 valence electrons. The number of hydrogen-bond donors (Lipinski definition) is 0. The Hall–Kier alpha value is -0.560. The summed E-state index contributed by atoms with van der Waals surface area (Å²) >= 11 is 6.23. The molecule has 1 fully saturated rings. The molecule has 1 aliphatic carbocycles. The van der Waals surface area contributed by atoms with Crippen LogP contribution in [0.2, 0.25) is 0 Å². The second-order valence-corrected chi connectivity index (χ2v) is 5.09. The standard InChI is InChI=1S/C13H16ClF/c1-8-6-9(2)13(12(15)7-8)10-4-3-5-11(10)14/h6-7,10-11H,3-5H2,1-2H3. The maximum absolute atomic E-state index is 13.9. The van der Waals surface area contributed by atoms with Gasteiger partial charge in [-0.15, -0.1) is 11.6 Å². The Morgan fingerprint density at radius 1 is 1.27 bits per heavy atom. The molecule has 15 heavy (non-hydrogen) atoms. The molecule has 2 heteroatoms. The molecular formula is C13H16ClF. The van der Waals surface area contributed by atoms with Gasteiger partial charge in [0.25, 0.3) is 0 Å². The van der Waals surface area contributed by atoms with E-state index < -0.39 is 0 Å². The van der Waals surface area contributed by atoms with Gasteiger partial charge in [0.05, 0.1) is 0 Å². The minimum absolute atomic E-state index is 0.0787. The third-order valence-corrected chi connectivity index (χ3v) is 3.81. The minimum Gasteiger partial charge on any atom is -0.207 e. The normalized spacial score (nSPS) is 25.9. The SMILES string of the molecule is Cc1cc(C)c(C2CCCC2Cl)c(F)c1. The van der Waals surface area contributed by atoms with Crippen LogP contribution >= 0.6 is 11.6 Å². The first-order valence-corrected chi connectivity index (χ1v) is 5.94. The van der Waals surface area contributed by atoms with Gasteiger partial charge in [0.15, 0.2) is 0 Å². The number of halogens is 2. The van der Waals surface area contributed by atoms with E-state index in [4.69, 9.17) is 11.6 Å². The smallest absolute Gasteiger partial charge is 0.127 e. The Morgan fingerprint density at radius 3 is 2.53 bits per heavy atom. The average molecular weight is 227 g/mol. The molecule has 0 aromatic heterocycles. The first-order valence-electron chi connectivity index (χ1n) is 5.50. The highest BCUT2D eigenvalue weighted by atomic mass is 35.5. The summed E-state index contributed by atoms with van der Waals surface area (Å²) in [4.78, 5) is 0. The van der Waals surface area contributed by atoms with Gasteiger partial charge in [0.1, 0.15) is 5.82 Å². The lowest BCUT2D eigenvalue weighted by molar-refractivity contribution is 0.578. The Morgan fingerprint density at radius 2 is 2.00 bits per heavy atom. The van der Waals surface area contributed by atoms with Crippen LogP contribution in [0.5, 0.6) is 0 Å². The summed E-state index contributed by atoms with van der Waals surface area (Å²) in [7, 11) is 0. The second-order valence-electron chi connectivity index (χ2n) is 4.53. The third kappa shape index (κ3) is 2.03. The zero-order valence-corrected chi connectivity index (χ0v) is 9.94. The van der Waals surface area contributed by atoms with Crippen LogP contribution in [0.1, 0.15) is 41.9 Å². The number of benzene rings is 1. The van der Waals surface area contributed by atoms with E-state index in [1.807, 2.05) is 19.9 Å². The topological polar surface area (TPSA) is 0 Å². The van der Waals surface area contributed by atoms with E-state index >= 15 is 0 Å². The van der Waals surface area contributed by atoms with E-state index in [-0.39, 0.29) is 17.1 Å². The van der Waals surface area contributed by atoms with E-state index in [9.17, 15) is 4.39 Å². The number of alkyl halides is 1. The largest absolute Gasteiger partial charge is 0.207 e. The number of rotatable bonds is 1. The van der Waals surface area contributed by atoms with E-state index in [0.29, 0.717) is 0 Å². The predicted molar refractivity (Wildman–Crippen MR) is 62.1 cm³/mol. The lowest BCUT2D eigenvalue weighted by Crippen LogP contribution is -2.09. The fraction of sp³-hybridized carbons (Fsp3) is 0.538. The average Bonchev–Trinajstić information content (AvgIpc) is 2.50. The van der Waals surface area contributed by atoms with Gasteiger partial charge >= 0.3 is 0 Å². The van der Waals surface area contributed by atoms with Crippen LogP contribution in [-0.2, 0) is 0 Å². The maximum Gasteiger partial charge on any atom is 0.127 e. The lowest BCUT2D eigenvalue weighted by atomic mass is 9.91. The summed E-state index contributed by atoms with van der Waals surface area (Å²) < 4.78 is 13.9. The summed E-state index contributed by atoms with van der Waals surface area (Å²) in [6.45, 7) is 3.90. The molecule has 0 aliphatic heterocycles. The van der Waals surface area contributed by atoms with Gasteiger partial charge in [-0.2, -0.15) is 0 Å². The minimum atomic E-state index is -0.0787. The van der Waals surface area contributed by atoms with Crippen LogP contribution in [0.25, 0.3) is 0 Å². The first-order chi connectivity index (χ1) is 7.09. The quantitative estimate of drug-likeness (QED) is 0.626. The fourth-order valence-electron chi connectivity index (χ4n) is 2.64. The molecule has 0 spiro atoms. The van der Waals surface area contributed by atoms with Crippen molar-refractivity contribution >= 4 is 11.6 Å². The molecule has 0 radical (unpaired) electrons. The Bertz CT molecular complexity index is 350. The van der Waals surface area contributed by atoms with Gasteiger partial charge in [-0.1, -0.05) is 12.5 Å². The molecule has 0 heterocycles. The molecule has 0 amide bonds. The van der Waals surface area contributed by atoms with Gasteiger partial charge in [-0.05, 0) is 49.4 Å². The van der Waals surface area contributed by atoms with E-state index in [0.717, 1.165) is 36.0 Å². The van der Waals surface area contributed by atoms with Crippen molar-refractivity contribution in [1.82, 2.24) is 0 Å². The second kappa shape index (κ2) is 4.13. The van der Waals surface area contributed by atoms with Gasteiger partial charge < -0.3 is 0 Å². The van der Waals surface area contributed by atoms with Crippen molar-refractivity contribution in [3.8, 4) is 0 Å². The zero-order chi connectivity index (χ0) is 11.0. The molecule has 1 aliphatic rings. The summed E-state index contributed by atoms with van der Waals surface area (Å²) in [6, 6.07) is 3.66. The van der Waals surface area contributed by atoms with Crippen LogP contribution < -0.4 is 0 Å². The molecular weight excluding hydrogens is 211 g/mol. The summed E-state index contributed by atoms with van der Waals surface area (Å²) in [5.74, 6) is 0.136. The first kappa shape index (κ1) is 10.9. The molecule has 2 atom stereocenters. The van der Waals surface area contributed by atoms with Crippen molar-refractivity contribution < 1.29 is 4.39 Å². The van der Waals surface area contributed by atoms with Crippen molar-refractivity contribution in [1.29, 1.82) is 0 Å². The zero-order valence-electron chi connectivity index (χ0n) is 9.19. The van der Waals surface area contributed by atoms with Gasteiger partial charge in [0.2, 0.25) is 0 Å². The molecule has 2 unspecified atom stereocenters. The fourth-order valence-corrected chi connectivity index (χ4v) is 3.04. The van der Waals surface area contributed by atoms with Crippen LogP contribution in [0.4, 0.5) is 4.39 Å². The number of aryl methyl sites for hydroxylation is 2. The van der Waals surface area contributed by atoms with Crippen LogP contribution in [-0.4, -0.2) is 5.38 Å². The van der Waals surface area contributed by atoms with Crippen molar-refractivity contribution in [3.05, 3.63) is 34.6 Å². The lowest BCUT2D eigenvalue weighted by Gasteiger charge is -2.18. The molecule has 0 nitrogen and oxygen atoms in total. The predicted octanol–water partition coefficient (Wildman–Crippen LogP) is 4.32. The van der Waals surface area contributed by atoms with Gasteiger partial charge in [-0.3, -0.25) is 0 Å². The van der Waals surface area contributed by atoms with Crippen molar-refractivity contribution in [3.63, 3.8) is 0 Å².